The number of carbonyl (C=O) groups is 1. The first-order chi connectivity index (χ1) is 14.3. The van der Waals surface area contributed by atoms with E-state index in [9.17, 15) is 9.18 Å². The Labute approximate surface area is 175 Å². The Morgan fingerprint density at radius 1 is 1.20 bits per heavy atom. The molecule has 1 aromatic carbocycles. The Kier molecular flexibility index (Phi) is 5.13. The number of carbonyl (C=O) groups excluding carboxylic acids is 1. The molecular formula is C21H26FN5O3. The largest absolute Gasteiger partial charge is 0.493 e. The summed E-state index contributed by atoms with van der Waals surface area (Å²) in [6, 6.07) is 4.14. The van der Waals surface area contributed by atoms with Crippen LogP contribution in [0.1, 0.15) is 25.5 Å². The monoisotopic (exact) mass is 415 g/mol. The number of halogens is 1. The van der Waals surface area contributed by atoms with E-state index in [1.807, 2.05) is 25.8 Å². The first kappa shape index (κ1) is 20.2. The zero-order chi connectivity index (χ0) is 21.6. The molecule has 160 valence electrons. The van der Waals surface area contributed by atoms with Crippen molar-refractivity contribution in [2.24, 2.45) is 0 Å². The van der Waals surface area contributed by atoms with Crippen LogP contribution in [-0.4, -0.2) is 55.3 Å². The van der Waals surface area contributed by atoms with Crippen molar-refractivity contribution in [3.05, 3.63) is 29.7 Å². The molecule has 2 heterocycles. The summed E-state index contributed by atoms with van der Waals surface area (Å²) in [7, 11) is 5.12. The van der Waals surface area contributed by atoms with Crippen LogP contribution in [0.25, 0.3) is 0 Å². The summed E-state index contributed by atoms with van der Waals surface area (Å²) in [5, 5.41) is 3.36. The predicted molar refractivity (Wildman–Crippen MR) is 112 cm³/mol. The lowest BCUT2D eigenvalue weighted by molar-refractivity contribution is -0.119. The van der Waals surface area contributed by atoms with Crippen molar-refractivity contribution in [1.29, 1.82) is 0 Å². The molecule has 1 atom stereocenters. The van der Waals surface area contributed by atoms with Crippen molar-refractivity contribution in [3.63, 3.8) is 0 Å². The van der Waals surface area contributed by atoms with Gasteiger partial charge < -0.3 is 24.6 Å². The van der Waals surface area contributed by atoms with E-state index in [1.54, 1.807) is 18.0 Å². The lowest BCUT2D eigenvalue weighted by atomic mass is 9.89. The molecule has 30 heavy (non-hydrogen) atoms. The first-order valence-electron chi connectivity index (χ1n) is 9.94. The van der Waals surface area contributed by atoms with Gasteiger partial charge in [0.2, 0.25) is 11.9 Å². The molecule has 0 spiro atoms. The molecule has 0 unspecified atom stereocenters. The predicted octanol–water partition coefficient (Wildman–Crippen LogP) is 2.76. The molecule has 1 aliphatic carbocycles. The van der Waals surface area contributed by atoms with Gasteiger partial charge in [-0.1, -0.05) is 0 Å². The number of rotatable bonds is 5. The summed E-state index contributed by atoms with van der Waals surface area (Å²) < 4.78 is 24.5. The average Bonchev–Trinajstić information content (AvgIpc) is 2.69. The number of methoxy groups -OCH3 is 1. The van der Waals surface area contributed by atoms with Gasteiger partial charge in [0.05, 0.1) is 12.8 Å². The summed E-state index contributed by atoms with van der Waals surface area (Å²) in [6.45, 7) is 3.75. The van der Waals surface area contributed by atoms with Crippen molar-refractivity contribution < 1.29 is 18.7 Å². The van der Waals surface area contributed by atoms with E-state index in [1.165, 1.54) is 19.2 Å². The molecule has 8 nitrogen and oxygen atoms in total. The average molecular weight is 415 g/mol. The second-order valence-corrected chi connectivity index (χ2v) is 7.84. The standard InChI is InChI=1S/C21H26FN5O3/c1-11-18-19(26(3)12(2)20(28)27(18)4)25-21(23-11)24-14-9-15(10-14)30-16-7-6-13(22)8-17(16)29-5/h6-8,12,14-15H,9-10H2,1-5H3,(H,23,24,25)/t12-,14?,15?/m0/s1. The summed E-state index contributed by atoms with van der Waals surface area (Å²) in [4.78, 5) is 25.1. The number of likely N-dealkylation sites (N-methyl/N-ethyl adjacent to an activating group) is 2. The van der Waals surface area contributed by atoms with Crippen LogP contribution >= 0.6 is 0 Å². The maximum absolute atomic E-state index is 13.3. The zero-order valence-corrected chi connectivity index (χ0v) is 17.8. The maximum atomic E-state index is 13.3. The van der Waals surface area contributed by atoms with Gasteiger partial charge >= 0.3 is 0 Å². The van der Waals surface area contributed by atoms with Gasteiger partial charge in [0.15, 0.2) is 17.3 Å². The Hall–Kier alpha value is -3.10. The third kappa shape index (κ3) is 3.48. The lowest BCUT2D eigenvalue weighted by Crippen LogP contribution is -2.50. The second kappa shape index (κ2) is 7.62. The van der Waals surface area contributed by atoms with Crippen LogP contribution in [-0.2, 0) is 4.79 Å². The number of aryl methyl sites for hydroxylation is 1. The van der Waals surface area contributed by atoms with Crippen LogP contribution in [0.3, 0.4) is 0 Å². The molecule has 2 aromatic rings. The molecule has 1 N–H and O–H groups in total. The summed E-state index contributed by atoms with van der Waals surface area (Å²) >= 11 is 0. The fourth-order valence-electron chi connectivity index (χ4n) is 3.88. The highest BCUT2D eigenvalue weighted by Crippen LogP contribution is 2.37. The Morgan fingerprint density at radius 2 is 1.93 bits per heavy atom. The van der Waals surface area contributed by atoms with Crippen LogP contribution in [0.4, 0.5) is 21.8 Å². The minimum atomic E-state index is -0.362. The minimum Gasteiger partial charge on any atom is -0.493 e. The Bertz CT molecular complexity index is 979. The molecule has 0 radical (unpaired) electrons. The van der Waals surface area contributed by atoms with Crippen LogP contribution in [0.15, 0.2) is 18.2 Å². The number of ether oxygens (including phenoxy) is 2. The van der Waals surface area contributed by atoms with Gasteiger partial charge in [-0.3, -0.25) is 4.79 Å². The molecule has 1 saturated carbocycles. The van der Waals surface area contributed by atoms with Gasteiger partial charge in [-0.25, -0.2) is 9.37 Å². The van der Waals surface area contributed by atoms with E-state index in [4.69, 9.17) is 9.47 Å². The summed E-state index contributed by atoms with van der Waals surface area (Å²) in [6.07, 6.45) is 1.54. The zero-order valence-electron chi connectivity index (χ0n) is 17.8. The number of benzene rings is 1. The van der Waals surface area contributed by atoms with Crippen molar-refractivity contribution in [2.75, 3.05) is 36.3 Å². The van der Waals surface area contributed by atoms with E-state index in [-0.39, 0.29) is 29.9 Å². The minimum absolute atomic E-state index is 0.00651. The highest BCUT2D eigenvalue weighted by molar-refractivity contribution is 6.04. The highest BCUT2D eigenvalue weighted by atomic mass is 19.1. The van der Waals surface area contributed by atoms with E-state index in [2.05, 4.69) is 15.3 Å². The van der Waals surface area contributed by atoms with Gasteiger partial charge in [-0.15, -0.1) is 0 Å². The molecule has 0 bridgehead atoms. The number of fused-ring (bicyclic) bond motifs is 1. The third-order valence-corrected chi connectivity index (χ3v) is 5.83. The molecule has 1 aromatic heterocycles. The second-order valence-electron chi connectivity index (χ2n) is 7.84. The van der Waals surface area contributed by atoms with Crippen molar-refractivity contribution in [1.82, 2.24) is 9.97 Å². The van der Waals surface area contributed by atoms with E-state index in [0.717, 1.165) is 30.0 Å². The van der Waals surface area contributed by atoms with Gasteiger partial charge in [0.25, 0.3) is 0 Å². The number of amides is 1. The van der Waals surface area contributed by atoms with Crippen LogP contribution in [0.2, 0.25) is 0 Å². The molecule has 1 fully saturated rings. The maximum Gasteiger partial charge on any atom is 0.249 e. The number of aromatic nitrogens is 2. The Balaban J connectivity index is 1.42. The fraction of sp³-hybridized carbons (Fsp3) is 0.476. The number of anilines is 3. The molecular weight excluding hydrogens is 389 g/mol. The Morgan fingerprint density at radius 3 is 2.63 bits per heavy atom. The highest BCUT2D eigenvalue weighted by Gasteiger charge is 2.36. The van der Waals surface area contributed by atoms with Crippen molar-refractivity contribution >= 4 is 23.4 Å². The smallest absolute Gasteiger partial charge is 0.249 e. The van der Waals surface area contributed by atoms with Gasteiger partial charge in [-0.2, -0.15) is 4.98 Å². The van der Waals surface area contributed by atoms with Gasteiger partial charge in [-0.05, 0) is 26.0 Å². The normalized spacial score (nSPS) is 23.0. The fourth-order valence-corrected chi connectivity index (χ4v) is 3.88. The van der Waals surface area contributed by atoms with Crippen LogP contribution in [0, 0.1) is 12.7 Å². The third-order valence-electron chi connectivity index (χ3n) is 5.83. The van der Waals surface area contributed by atoms with Crippen molar-refractivity contribution in [2.45, 2.75) is 44.9 Å². The van der Waals surface area contributed by atoms with E-state index in [0.29, 0.717) is 17.4 Å². The number of hydrogen-bond donors (Lipinski definition) is 1. The summed E-state index contributed by atoms with van der Waals surface area (Å²) in [5.74, 6) is 1.85. The SMILES string of the molecule is COc1cc(F)ccc1OC1CC(Nc2nc(C)c3c(n2)N(C)[C@@H](C)C(=O)N3C)C1. The van der Waals surface area contributed by atoms with E-state index >= 15 is 0 Å². The van der Waals surface area contributed by atoms with Crippen molar-refractivity contribution in [3.8, 4) is 11.5 Å². The van der Waals surface area contributed by atoms with Gasteiger partial charge in [0.1, 0.15) is 23.7 Å². The molecule has 1 amide bonds. The quantitative estimate of drug-likeness (QED) is 0.804. The number of hydrogen-bond acceptors (Lipinski definition) is 7. The van der Waals surface area contributed by atoms with Gasteiger partial charge in [0, 0.05) is 39.0 Å². The molecule has 1 aliphatic heterocycles. The topological polar surface area (TPSA) is 79.8 Å². The molecule has 9 heteroatoms. The van der Waals surface area contributed by atoms with E-state index < -0.39 is 0 Å². The number of nitrogens with zero attached hydrogens (tertiary/aromatic N) is 4. The van der Waals surface area contributed by atoms with Crippen LogP contribution in [0.5, 0.6) is 11.5 Å². The number of nitrogens with one attached hydrogen (secondary N) is 1. The van der Waals surface area contributed by atoms with Crippen LogP contribution < -0.4 is 24.6 Å². The first-order valence-corrected chi connectivity index (χ1v) is 9.94. The lowest BCUT2D eigenvalue weighted by Gasteiger charge is -2.39. The molecule has 4 rings (SSSR count). The molecule has 2 aliphatic rings. The summed E-state index contributed by atoms with van der Waals surface area (Å²) in [5.41, 5.74) is 1.49. The molecule has 0 saturated heterocycles.